The molecule has 0 fully saturated rings. The number of rotatable bonds is 6. The van der Waals surface area contributed by atoms with E-state index in [0.29, 0.717) is 12.2 Å². The van der Waals surface area contributed by atoms with E-state index in [2.05, 4.69) is 15.9 Å². The Balaban J connectivity index is 2.02. The van der Waals surface area contributed by atoms with E-state index in [9.17, 15) is 8.42 Å². The molecule has 0 aliphatic heterocycles. The molecule has 0 aromatic heterocycles. The first-order valence-corrected chi connectivity index (χ1v) is 9.14. The van der Waals surface area contributed by atoms with Gasteiger partial charge in [0, 0.05) is 4.47 Å². The minimum Gasteiger partial charge on any atom is -0.493 e. The molecule has 2 aromatic rings. The van der Waals surface area contributed by atoms with Gasteiger partial charge >= 0.3 is 0 Å². The summed E-state index contributed by atoms with van der Waals surface area (Å²) in [5.41, 5.74) is 0. The number of ether oxygens (including phenoxy) is 1. The third-order valence-corrected chi connectivity index (χ3v) is 5.26. The van der Waals surface area contributed by atoms with Crippen molar-refractivity contribution < 1.29 is 13.2 Å². The Hall–Kier alpha value is -1.07. The highest BCUT2D eigenvalue weighted by molar-refractivity contribution is 9.10. The second kappa shape index (κ2) is 6.59. The van der Waals surface area contributed by atoms with Crippen LogP contribution in [-0.2, 0) is 9.84 Å². The van der Waals surface area contributed by atoms with Gasteiger partial charge in [0.2, 0.25) is 0 Å². The quantitative estimate of drug-likeness (QED) is 0.790. The van der Waals surface area contributed by atoms with Gasteiger partial charge in [-0.25, -0.2) is 8.42 Å². The van der Waals surface area contributed by atoms with E-state index in [0.717, 1.165) is 15.2 Å². The monoisotopic (exact) mass is 356 g/mol. The van der Waals surface area contributed by atoms with Gasteiger partial charge in [-0.05, 0) is 41.5 Å². The summed E-state index contributed by atoms with van der Waals surface area (Å²) in [5.74, 6) is 0.993. The predicted molar refractivity (Wildman–Crippen MR) is 86.1 cm³/mol. The van der Waals surface area contributed by atoms with Crippen molar-refractivity contribution in [2.24, 2.45) is 0 Å². The van der Waals surface area contributed by atoms with Crippen molar-refractivity contribution in [2.75, 3.05) is 18.1 Å². The number of fused-ring (bicyclic) bond motifs is 1. The lowest BCUT2D eigenvalue weighted by molar-refractivity contribution is 0.341. The molecule has 0 N–H and O–H groups in total. The molecule has 2 rings (SSSR count). The molecule has 3 nitrogen and oxygen atoms in total. The lowest BCUT2D eigenvalue weighted by Crippen LogP contribution is -2.16. The molecule has 20 heavy (non-hydrogen) atoms. The van der Waals surface area contributed by atoms with E-state index in [4.69, 9.17) is 4.74 Å². The van der Waals surface area contributed by atoms with Gasteiger partial charge in [0.25, 0.3) is 0 Å². The molecule has 0 aliphatic carbocycles. The van der Waals surface area contributed by atoms with Gasteiger partial charge in [0.05, 0.1) is 11.5 Å². The van der Waals surface area contributed by atoms with Crippen molar-refractivity contribution in [3.05, 3.63) is 40.9 Å². The van der Waals surface area contributed by atoms with E-state index >= 15 is 0 Å². The zero-order valence-electron chi connectivity index (χ0n) is 11.3. The summed E-state index contributed by atoms with van der Waals surface area (Å²) in [6.45, 7) is 2.06. The second-order valence-electron chi connectivity index (χ2n) is 4.65. The van der Waals surface area contributed by atoms with Crippen molar-refractivity contribution in [1.29, 1.82) is 0 Å². The average molecular weight is 357 g/mol. The van der Waals surface area contributed by atoms with Crippen LogP contribution in [0.4, 0.5) is 0 Å². The Morgan fingerprint density at radius 3 is 2.50 bits per heavy atom. The van der Waals surface area contributed by atoms with Gasteiger partial charge in [-0.15, -0.1) is 0 Å². The first-order chi connectivity index (χ1) is 9.50. The standard InChI is InChI=1S/C15H17BrO3S/c1-2-8-20(17,18)9-7-19-15-6-4-12-10-14(16)5-3-13(12)11-15/h3-6,10-11H,2,7-9H2,1H3. The van der Waals surface area contributed by atoms with Crippen LogP contribution in [0.25, 0.3) is 10.8 Å². The van der Waals surface area contributed by atoms with Gasteiger partial charge in [-0.1, -0.05) is 35.0 Å². The first kappa shape index (κ1) is 15.3. The van der Waals surface area contributed by atoms with Crippen molar-refractivity contribution in [3.8, 4) is 5.75 Å². The van der Waals surface area contributed by atoms with Crippen molar-refractivity contribution >= 4 is 36.5 Å². The van der Waals surface area contributed by atoms with E-state index in [1.807, 2.05) is 43.3 Å². The van der Waals surface area contributed by atoms with Crippen LogP contribution < -0.4 is 4.74 Å². The molecule has 2 aromatic carbocycles. The second-order valence-corrected chi connectivity index (χ2v) is 7.87. The van der Waals surface area contributed by atoms with E-state index in [1.165, 1.54) is 0 Å². The normalized spacial score (nSPS) is 11.7. The van der Waals surface area contributed by atoms with Gasteiger partial charge < -0.3 is 4.74 Å². The summed E-state index contributed by atoms with van der Waals surface area (Å²) < 4.78 is 29.7. The minimum absolute atomic E-state index is 0.0687. The number of hydrogen-bond donors (Lipinski definition) is 0. The van der Waals surface area contributed by atoms with Crippen molar-refractivity contribution in [1.82, 2.24) is 0 Å². The Labute approximate surface area is 128 Å². The average Bonchev–Trinajstić information content (AvgIpc) is 2.38. The third kappa shape index (κ3) is 4.21. The summed E-state index contributed by atoms with van der Waals surface area (Å²) in [4.78, 5) is 0. The molecule has 5 heteroatoms. The Kier molecular flexibility index (Phi) is 5.05. The maximum atomic E-state index is 11.6. The van der Waals surface area contributed by atoms with Crippen molar-refractivity contribution in [3.63, 3.8) is 0 Å². The molecule has 0 radical (unpaired) electrons. The predicted octanol–water partition coefficient (Wildman–Crippen LogP) is 3.81. The van der Waals surface area contributed by atoms with Crippen LogP contribution in [0.15, 0.2) is 40.9 Å². The molecule has 0 saturated carbocycles. The van der Waals surface area contributed by atoms with E-state index in [1.54, 1.807) is 0 Å². The van der Waals surface area contributed by atoms with E-state index < -0.39 is 9.84 Å². The molecule has 0 spiro atoms. The SMILES string of the molecule is CCCS(=O)(=O)CCOc1ccc2cc(Br)ccc2c1. The smallest absolute Gasteiger partial charge is 0.153 e. The summed E-state index contributed by atoms with van der Waals surface area (Å²) in [5, 5.41) is 2.19. The molecule has 0 bridgehead atoms. The summed E-state index contributed by atoms with van der Waals surface area (Å²) in [6, 6.07) is 11.8. The molecule has 0 atom stereocenters. The molecule has 0 heterocycles. The lowest BCUT2D eigenvalue weighted by atomic mass is 10.1. The zero-order chi connectivity index (χ0) is 14.6. The van der Waals surface area contributed by atoms with Crippen LogP contribution >= 0.6 is 15.9 Å². The first-order valence-electron chi connectivity index (χ1n) is 6.53. The lowest BCUT2D eigenvalue weighted by Gasteiger charge is -2.08. The highest BCUT2D eigenvalue weighted by atomic mass is 79.9. The Morgan fingerprint density at radius 1 is 1.05 bits per heavy atom. The Morgan fingerprint density at radius 2 is 1.75 bits per heavy atom. The molecular formula is C15H17BrO3S. The van der Waals surface area contributed by atoms with Crippen LogP contribution in [0.1, 0.15) is 13.3 Å². The number of benzene rings is 2. The Bertz CT molecular complexity index is 695. The van der Waals surface area contributed by atoms with Crippen LogP contribution in [0.5, 0.6) is 5.75 Å². The van der Waals surface area contributed by atoms with Crippen molar-refractivity contribution in [2.45, 2.75) is 13.3 Å². The summed E-state index contributed by atoms with van der Waals surface area (Å²) in [6.07, 6.45) is 0.646. The molecular weight excluding hydrogens is 340 g/mol. The summed E-state index contributed by atoms with van der Waals surface area (Å²) >= 11 is 3.43. The maximum absolute atomic E-state index is 11.6. The highest BCUT2D eigenvalue weighted by Gasteiger charge is 2.09. The van der Waals surface area contributed by atoms with Crippen LogP contribution in [0.2, 0.25) is 0 Å². The molecule has 0 saturated heterocycles. The highest BCUT2D eigenvalue weighted by Crippen LogP contribution is 2.24. The fourth-order valence-electron chi connectivity index (χ4n) is 1.98. The minimum atomic E-state index is -2.98. The van der Waals surface area contributed by atoms with Crippen LogP contribution in [0, 0.1) is 0 Å². The van der Waals surface area contributed by atoms with E-state index in [-0.39, 0.29) is 18.1 Å². The van der Waals surface area contributed by atoms with Gasteiger partial charge in [0.15, 0.2) is 9.84 Å². The molecule has 0 unspecified atom stereocenters. The molecule has 108 valence electrons. The largest absolute Gasteiger partial charge is 0.493 e. The van der Waals surface area contributed by atoms with Gasteiger partial charge in [-0.3, -0.25) is 0 Å². The third-order valence-electron chi connectivity index (χ3n) is 2.95. The molecule has 0 aliphatic rings. The summed E-state index contributed by atoms with van der Waals surface area (Å²) in [7, 11) is -2.98. The maximum Gasteiger partial charge on any atom is 0.153 e. The van der Waals surface area contributed by atoms with Crippen LogP contribution in [0.3, 0.4) is 0 Å². The topological polar surface area (TPSA) is 43.4 Å². The van der Waals surface area contributed by atoms with Crippen LogP contribution in [-0.4, -0.2) is 26.5 Å². The zero-order valence-corrected chi connectivity index (χ0v) is 13.7. The molecule has 0 amide bonds. The van der Waals surface area contributed by atoms with Gasteiger partial charge in [0.1, 0.15) is 12.4 Å². The number of hydrogen-bond acceptors (Lipinski definition) is 3. The van der Waals surface area contributed by atoms with Gasteiger partial charge in [-0.2, -0.15) is 0 Å². The number of sulfone groups is 1. The number of halogens is 1. The fraction of sp³-hybridized carbons (Fsp3) is 0.333. The fourth-order valence-corrected chi connectivity index (χ4v) is 3.53.